The summed E-state index contributed by atoms with van der Waals surface area (Å²) >= 11 is 2.06. The maximum absolute atomic E-state index is 2.76. The average Bonchev–Trinajstić information content (AvgIpc) is 3.63. The fourth-order valence-electron chi connectivity index (χ4n) is 13.2. The lowest BCUT2D eigenvalue weighted by Crippen LogP contribution is -2.60. The molecule has 69 heavy (non-hydrogen) atoms. The van der Waals surface area contributed by atoms with E-state index in [1.165, 1.54) is 147 Å². The molecule has 1 aromatic heterocycles. The first-order valence-electron chi connectivity index (χ1n) is 26.0. The Morgan fingerprint density at radius 2 is 1.00 bits per heavy atom. The standard InChI is InChI=1S/C65H75BN2S/c1-38-30-39(2)56(40(3)31-38)41-32-53-57-54(33-41)68(45-23-24-47-48(35-45)63(12,13)27-26-62(47,10)11)58-46-36-49-50(65(16,17)29-28-64(49,14)15)37-55(46)69-59(58)66(57)51-25-20-43(61(7,8)9)34-52(51)67(53)44-21-18-42(19-22-44)60(4,5)6/h18-25,30-37H,26-29H2,1-17H3. The van der Waals surface area contributed by atoms with Crippen molar-refractivity contribution >= 4 is 78.0 Å². The smallest absolute Gasteiger partial charge is 0.264 e. The van der Waals surface area contributed by atoms with E-state index >= 15 is 0 Å². The maximum Gasteiger partial charge on any atom is 0.264 e. The van der Waals surface area contributed by atoms with Crippen molar-refractivity contribution in [3.05, 3.63) is 147 Å². The van der Waals surface area contributed by atoms with E-state index in [-0.39, 0.29) is 39.2 Å². The van der Waals surface area contributed by atoms with Gasteiger partial charge in [-0.25, -0.2) is 0 Å². The van der Waals surface area contributed by atoms with Gasteiger partial charge < -0.3 is 9.80 Å². The van der Waals surface area contributed by atoms with Crippen molar-refractivity contribution in [1.29, 1.82) is 0 Å². The largest absolute Gasteiger partial charge is 0.311 e. The lowest BCUT2D eigenvalue weighted by atomic mass is 9.36. The minimum absolute atomic E-state index is 0.0280. The van der Waals surface area contributed by atoms with Gasteiger partial charge in [0.1, 0.15) is 0 Å². The van der Waals surface area contributed by atoms with Crippen LogP contribution in [0.5, 0.6) is 0 Å². The molecule has 6 aromatic carbocycles. The molecule has 354 valence electrons. The van der Waals surface area contributed by atoms with Gasteiger partial charge in [-0.2, -0.15) is 0 Å². The van der Waals surface area contributed by atoms with Gasteiger partial charge >= 0.3 is 0 Å². The number of hydrogen-bond donors (Lipinski definition) is 0. The van der Waals surface area contributed by atoms with E-state index in [1.54, 1.807) is 0 Å². The number of benzene rings is 6. The van der Waals surface area contributed by atoms with Crippen molar-refractivity contribution in [3.8, 4) is 11.1 Å². The van der Waals surface area contributed by atoms with Gasteiger partial charge in [-0.15, -0.1) is 11.3 Å². The van der Waals surface area contributed by atoms with Crippen LogP contribution in [0.4, 0.5) is 34.1 Å². The monoisotopic (exact) mass is 927 g/mol. The predicted molar refractivity (Wildman–Crippen MR) is 303 cm³/mol. The Morgan fingerprint density at radius 3 is 1.58 bits per heavy atom. The summed E-state index contributed by atoms with van der Waals surface area (Å²) in [7, 11) is 0. The molecule has 4 aliphatic rings. The molecule has 0 atom stereocenters. The summed E-state index contributed by atoms with van der Waals surface area (Å²) in [6, 6.07) is 39.9. The van der Waals surface area contributed by atoms with Crippen molar-refractivity contribution in [2.24, 2.45) is 0 Å². The fraction of sp³-hybridized carbons (Fsp3) is 0.415. The molecule has 4 heteroatoms. The molecular formula is C65H75BN2S. The van der Waals surface area contributed by atoms with Crippen LogP contribution < -0.4 is 25.5 Å². The summed E-state index contributed by atoms with van der Waals surface area (Å²) in [5.41, 5.74) is 26.2. The van der Waals surface area contributed by atoms with Crippen molar-refractivity contribution in [2.75, 3.05) is 9.80 Å². The highest BCUT2D eigenvalue weighted by Crippen LogP contribution is 2.55. The maximum atomic E-state index is 2.76. The summed E-state index contributed by atoms with van der Waals surface area (Å²) < 4.78 is 2.86. The lowest BCUT2D eigenvalue weighted by Gasteiger charge is -2.45. The van der Waals surface area contributed by atoms with Crippen LogP contribution in [-0.4, -0.2) is 6.71 Å². The first-order chi connectivity index (χ1) is 32.2. The van der Waals surface area contributed by atoms with Gasteiger partial charge in [0.25, 0.3) is 6.71 Å². The summed E-state index contributed by atoms with van der Waals surface area (Å²) in [6.07, 6.45) is 4.76. The molecule has 2 aliphatic heterocycles. The van der Waals surface area contributed by atoms with Gasteiger partial charge in [0.05, 0.1) is 5.69 Å². The van der Waals surface area contributed by atoms with Gasteiger partial charge in [-0.05, 0) is 200 Å². The number of thiophene rings is 1. The third-order valence-electron chi connectivity index (χ3n) is 17.6. The highest BCUT2D eigenvalue weighted by Gasteiger charge is 2.48. The average molecular weight is 927 g/mol. The summed E-state index contributed by atoms with van der Waals surface area (Å²) in [4.78, 5) is 5.40. The van der Waals surface area contributed by atoms with Crippen molar-refractivity contribution in [3.63, 3.8) is 0 Å². The Balaban J connectivity index is 1.31. The molecule has 0 bridgehead atoms. The third kappa shape index (κ3) is 7.14. The van der Waals surface area contributed by atoms with Gasteiger partial charge in [0.2, 0.25) is 0 Å². The predicted octanol–water partition coefficient (Wildman–Crippen LogP) is 16.9. The number of rotatable bonds is 3. The van der Waals surface area contributed by atoms with E-state index < -0.39 is 0 Å². The lowest BCUT2D eigenvalue weighted by molar-refractivity contribution is 0.332. The van der Waals surface area contributed by atoms with Gasteiger partial charge in [-0.1, -0.05) is 145 Å². The van der Waals surface area contributed by atoms with Crippen molar-refractivity contribution in [2.45, 2.75) is 176 Å². The highest BCUT2D eigenvalue weighted by molar-refractivity contribution is 7.33. The van der Waals surface area contributed by atoms with Crippen molar-refractivity contribution < 1.29 is 0 Å². The molecule has 2 aliphatic carbocycles. The second-order valence-corrected chi connectivity index (χ2v) is 27.7. The summed E-state index contributed by atoms with van der Waals surface area (Å²) in [5, 5.41) is 1.39. The molecular weight excluding hydrogens is 852 g/mol. The van der Waals surface area contributed by atoms with Crippen LogP contribution in [-0.2, 0) is 32.5 Å². The third-order valence-corrected chi connectivity index (χ3v) is 18.8. The zero-order valence-electron chi connectivity index (χ0n) is 44.9. The molecule has 3 heterocycles. The van der Waals surface area contributed by atoms with E-state index in [1.807, 2.05) is 0 Å². The number of fused-ring (bicyclic) bond motifs is 8. The molecule has 0 spiro atoms. The number of nitrogens with zero attached hydrogens (tertiary/aromatic N) is 2. The molecule has 0 amide bonds. The normalized spacial score (nSPS) is 18.4. The number of anilines is 6. The number of aryl methyl sites for hydroxylation is 3. The van der Waals surface area contributed by atoms with Crippen molar-refractivity contribution in [1.82, 2.24) is 0 Å². The van der Waals surface area contributed by atoms with Gasteiger partial charge in [-0.3, -0.25) is 0 Å². The molecule has 0 unspecified atom stereocenters. The Hall–Kier alpha value is -5.06. The van der Waals surface area contributed by atoms with Crippen LogP contribution >= 0.6 is 11.3 Å². The second-order valence-electron chi connectivity index (χ2n) is 26.6. The summed E-state index contributed by atoms with van der Waals surface area (Å²) in [6.45, 7) is 40.8. The molecule has 11 rings (SSSR count). The summed E-state index contributed by atoms with van der Waals surface area (Å²) in [5.74, 6) is 0. The van der Waals surface area contributed by atoms with Crippen LogP contribution in [0.3, 0.4) is 0 Å². The molecule has 7 aromatic rings. The molecule has 0 fully saturated rings. The van der Waals surface area contributed by atoms with E-state index in [4.69, 9.17) is 0 Å². The molecule has 0 N–H and O–H groups in total. The van der Waals surface area contributed by atoms with Crippen LogP contribution in [0.2, 0.25) is 0 Å². The minimum atomic E-state index is -0.0280. The molecule has 2 nitrogen and oxygen atoms in total. The van der Waals surface area contributed by atoms with Gasteiger partial charge in [0, 0.05) is 43.3 Å². The zero-order chi connectivity index (χ0) is 49.3. The SMILES string of the molecule is Cc1cc(C)c(-c2cc3c4c(c2)N(c2ccc5c(c2)C(C)(C)CCC5(C)C)c2c(sc5cc6c(cc25)C(C)(C)CCC6(C)C)B4c2ccc(C(C)(C)C)cc2N3c2ccc(C(C)(C)C)cc2)c(C)c1. The zero-order valence-corrected chi connectivity index (χ0v) is 45.8. The fourth-order valence-corrected chi connectivity index (χ4v) is 14.5. The van der Waals surface area contributed by atoms with Crippen LogP contribution in [0.25, 0.3) is 21.2 Å². The van der Waals surface area contributed by atoms with Gasteiger partial charge in [0.15, 0.2) is 0 Å². The molecule has 0 saturated carbocycles. The Labute approximate surface area is 419 Å². The second kappa shape index (κ2) is 15.0. The molecule has 0 radical (unpaired) electrons. The highest BCUT2D eigenvalue weighted by atomic mass is 32.1. The Bertz CT molecular complexity index is 3260. The molecule has 0 saturated heterocycles. The van der Waals surface area contributed by atoms with Crippen LogP contribution in [0.1, 0.15) is 173 Å². The first-order valence-corrected chi connectivity index (χ1v) is 26.9. The quantitative estimate of drug-likeness (QED) is 0.163. The van der Waals surface area contributed by atoms with E-state index in [2.05, 4.69) is 236 Å². The van der Waals surface area contributed by atoms with E-state index in [0.717, 1.165) is 0 Å². The van der Waals surface area contributed by atoms with E-state index in [0.29, 0.717) is 0 Å². The van der Waals surface area contributed by atoms with Crippen LogP contribution in [0.15, 0.2) is 97.1 Å². The minimum Gasteiger partial charge on any atom is -0.311 e. The Kier molecular flexibility index (Phi) is 10.1. The number of hydrogen-bond acceptors (Lipinski definition) is 3. The Morgan fingerprint density at radius 1 is 0.493 bits per heavy atom. The van der Waals surface area contributed by atoms with Crippen LogP contribution in [0, 0.1) is 20.8 Å². The topological polar surface area (TPSA) is 6.48 Å². The van der Waals surface area contributed by atoms with E-state index in [9.17, 15) is 0 Å². The first kappa shape index (κ1) is 46.3.